The lowest BCUT2D eigenvalue weighted by Crippen LogP contribution is -1.96. The Bertz CT molecular complexity index is 171. The lowest BCUT2D eigenvalue weighted by Gasteiger charge is -1.79. The minimum absolute atomic E-state index is 1.42. The highest BCUT2D eigenvalue weighted by Crippen LogP contribution is 2.06. The standard InChI is InChI=1S/C6H9BS/c1-4-3-5(2)8-6(4)7/h3H,7H2,1-2H3. The topological polar surface area (TPSA) is 0 Å². The lowest BCUT2D eigenvalue weighted by atomic mass is 10.0. The molecule has 0 spiro atoms. The number of thiophene rings is 1. The van der Waals surface area contributed by atoms with Gasteiger partial charge in [0.05, 0.1) is 0 Å². The van der Waals surface area contributed by atoms with Gasteiger partial charge in [0.1, 0.15) is 0 Å². The van der Waals surface area contributed by atoms with Gasteiger partial charge in [0, 0.05) is 4.88 Å². The Hall–Kier alpha value is -0.235. The fraction of sp³-hybridized carbons (Fsp3) is 0.333. The van der Waals surface area contributed by atoms with E-state index in [1.165, 1.54) is 15.2 Å². The van der Waals surface area contributed by atoms with E-state index in [-0.39, 0.29) is 0 Å². The molecular formula is C6H9BS. The molecule has 0 saturated carbocycles. The molecule has 0 saturated heterocycles. The minimum Gasteiger partial charge on any atom is -0.156 e. The number of hydrogen-bond donors (Lipinski definition) is 0. The maximum Gasteiger partial charge on any atom is 0.152 e. The van der Waals surface area contributed by atoms with Gasteiger partial charge in [-0.25, -0.2) is 0 Å². The SMILES string of the molecule is Bc1sc(C)cc1C. The van der Waals surface area contributed by atoms with Crippen LogP contribution in [-0.4, -0.2) is 7.85 Å². The van der Waals surface area contributed by atoms with Crippen molar-refractivity contribution in [1.82, 2.24) is 0 Å². The van der Waals surface area contributed by atoms with Gasteiger partial charge in [-0.1, -0.05) is 0 Å². The van der Waals surface area contributed by atoms with E-state index in [1.54, 1.807) is 0 Å². The molecule has 0 amide bonds. The quantitative estimate of drug-likeness (QED) is 0.445. The molecule has 1 rings (SSSR count). The van der Waals surface area contributed by atoms with E-state index in [0.717, 1.165) is 0 Å². The Morgan fingerprint density at radius 1 is 1.50 bits per heavy atom. The molecular weight excluding hydrogens is 115 g/mol. The van der Waals surface area contributed by atoms with Crippen molar-refractivity contribution in [3.63, 3.8) is 0 Å². The van der Waals surface area contributed by atoms with Crippen LogP contribution in [0.1, 0.15) is 10.4 Å². The van der Waals surface area contributed by atoms with Crippen molar-refractivity contribution in [3.8, 4) is 0 Å². The van der Waals surface area contributed by atoms with Crippen LogP contribution in [-0.2, 0) is 0 Å². The Labute approximate surface area is 55.0 Å². The van der Waals surface area contributed by atoms with E-state index < -0.39 is 0 Å². The van der Waals surface area contributed by atoms with Gasteiger partial charge >= 0.3 is 0 Å². The fourth-order valence-corrected chi connectivity index (χ4v) is 1.70. The van der Waals surface area contributed by atoms with Gasteiger partial charge in [0.2, 0.25) is 0 Å². The molecule has 1 heterocycles. The summed E-state index contributed by atoms with van der Waals surface area (Å²) in [5.74, 6) is 0. The number of aryl methyl sites for hydroxylation is 2. The second-order valence-electron chi connectivity index (χ2n) is 2.10. The molecule has 0 aliphatic carbocycles. The van der Waals surface area contributed by atoms with E-state index in [0.29, 0.717) is 0 Å². The first-order valence-electron chi connectivity index (χ1n) is 2.74. The van der Waals surface area contributed by atoms with Crippen LogP contribution in [0.25, 0.3) is 0 Å². The zero-order valence-electron chi connectivity index (χ0n) is 5.49. The summed E-state index contributed by atoms with van der Waals surface area (Å²) in [4.78, 5) is 1.42. The zero-order chi connectivity index (χ0) is 6.15. The van der Waals surface area contributed by atoms with Crippen molar-refractivity contribution in [3.05, 3.63) is 16.5 Å². The normalized spacial score (nSPS) is 9.75. The molecule has 0 unspecified atom stereocenters. The van der Waals surface area contributed by atoms with Crippen molar-refractivity contribution in [2.45, 2.75) is 13.8 Å². The summed E-state index contributed by atoms with van der Waals surface area (Å²) < 4.78 is 1.45. The molecule has 0 N–H and O–H groups in total. The van der Waals surface area contributed by atoms with Crippen LogP contribution < -0.4 is 4.78 Å². The molecule has 2 heteroatoms. The summed E-state index contributed by atoms with van der Waals surface area (Å²) in [6, 6.07) is 2.22. The van der Waals surface area contributed by atoms with Crippen molar-refractivity contribution in [2.24, 2.45) is 0 Å². The Morgan fingerprint density at radius 2 is 2.12 bits per heavy atom. The number of rotatable bonds is 0. The van der Waals surface area contributed by atoms with Crippen LogP contribution >= 0.6 is 11.3 Å². The third kappa shape index (κ3) is 0.946. The molecule has 8 heavy (non-hydrogen) atoms. The summed E-state index contributed by atoms with van der Waals surface area (Å²) in [5, 5.41) is 0. The van der Waals surface area contributed by atoms with Gasteiger partial charge in [-0.15, -0.1) is 0 Å². The van der Waals surface area contributed by atoms with Gasteiger partial charge < -0.3 is 0 Å². The molecule has 0 nitrogen and oxygen atoms in total. The Kier molecular flexibility index (Phi) is 1.43. The minimum atomic E-state index is 1.42. The van der Waals surface area contributed by atoms with Crippen molar-refractivity contribution in [2.75, 3.05) is 0 Å². The largest absolute Gasteiger partial charge is 0.156 e. The van der Waals surface area contributed by atoms with E-state index in [1.807, 2.05) is 11.3 Å². The summed E-state index contributed by atoms with van der Waals surface area (Å²) in [6.07, 6.45) is 0. The second kappa shape index (κ2) is 1.94. The first kappa shape index (κ1) is 5.89. The van der Waals surface area contributed by atoms with Crippen LogP contribution in [0, 0.1) is 13.8 Å². The first-order chi connectivity index (χ1) is 3.70. The second-order valence-corrected chi connectivity index (χ2v) is 3.56. The third-order valence-electron chi connectivity index (χ3n) is 1.29. The molecule has 1 aromatic heterocycles. The first-order valence-corrected chi connectivity index (χ1v) is 3.55. The van der Waals surface area contributed by atoms with Crippen LogP contribution in [0.15, 0.2) is 6.07 Å². The van der Waals surface area contributed by atoms with Crippen LogP contribution in [0.4, 0.5) is 0 Å². The zero-order valence-corrected chi connectivity index (χ0v) is 6.30. The Balaban J connectivity index is 3.14. The van der Waals surface area contributed by atoms with E-state index >= 15 is 0 Å². The number of hydrogen-bond acceptors (Lipinski definition) is 1. The van der Waals surface area contributed by atoms with Crippen LogP contribution in [0.2, 0.25) is 0 Å². The van der Waals surface area contributed by atoms with Gasteiger partial charge in [-0.2, -0.15) is 11.3 Å². The predicted octanol–water partition coefficient (Wildman–Crippen LogP) is 0.623. The summed E-state index contributed by atoms with van der Waals surface area (Å²) >= 11 is 1.87. The van der Waals surface area contributed by atoms with Gasteiger partial charge in [-0.3, -0.25) is 0 Å². The smallest absolute Gasteiger partial charge is 0.152 e. The molecule has 0 aliphatic rings. The summed E-state index contributed by atoms with van der Waals surface area (Å²) in [7, 11) is 2.16. The van der Waals surface area contributed by atoms with Crippen LogP contribution in [0.5, 0.6) is 0 Å². The summed E-state index contributed by atoms with van der Waals surface area (Å²) in [5.41, 5.74) is 1.42. The van der Waals surface area contributed by atoms with Crippen molar-refractivity contribution >= 4 is 24.0 Å². The molecule has 42 valence electrons. The highest BCUT2D eigenvalue weighted by Gasteiger charge is 1.93. The lowest BCUT2D eigenvalue weighted by molar-refractivity contribution is 1.53. The molecule has 1 aromatic rings. The molecule has 0 fully saturated rings. The molecule has 0 bridgehead atoms. The van der Waals surface area contributed by atoms with E-state index in [9.17, 15) is 0 Å². The maximum absolute atomic E-state index is 2.22. The molecule has 0 aromatic carbocycles. The maximum atomic E-state index is 2.22. The van der Waals surface area contributed by atoms with Crippen molar-refractivity contribution < 1.29 is 0 Å². The monoisotopic (exact) mass is 124 g/mol. The fourth-order valence-electron chi connectivity index (χ4n) is 0.758. The van der Waals surface area contributed by atoms with Gasteiger partial charge in [-0.05, 0) is 30.3 Å². The average Bonchev–Trinajstić information content (AvgIpc) is 1.85. The average molecular weight is 124 g/mol. The highest BCUT2D eigenvalue weighted by molar-refractivity contribution is 7.20. The highest BCUT2D eigenvalue weighted by atomic mass is 32.1. The van der Waals surface area contributed by atoms with Crippen molar-refractivity contribution in [1.29, 1.82) is 0 Å². The van der Waals surface area contributed by atoms with Gasteiger partial charge in [0.25, 0.3) is 0 Å². The summed E-state index contributed by atoms with van der Waals surface area (Å²) in [6.45, 7) is 4.30. The third-order valence-corrected chi connectivity index (χ3v) is 2.36. The Morgan fingerprint density at radius 3 is 2.25 bits per heavy atom. The predicted molar refractivity (Wildman–Crippen MR) is 42.0 cm³/mol. The van der Waals surface area contributed by atoms with E-state index in [4.69, 9.17) is 0 Å². The molecule has 0 radical (unpaired) electrons. The van der Waals surface area contributed by atoms with E-state index in [2.05, 4.69) is 27.8 Å². The molecule has 0 atom stereocenters. The molecule has 0 aliphatic heterocycles. The van der Waals surface area contributed by atoms with Gasteiger partial charge in [0.15, 0.2) is 7.85 Å². The van der Waals surface area contributed by atoms with Crippen LogP contribution in [0.3, 0.4) is 0 Å².